The van der Waals surface area contributed by atoms with Crippen molar-refractivity contribution in [2.24, 2.45) is 0 Å². The third-order valence-corrected chi connectivity index (χ3v) is 4.42. The maximum atomic E-state index is 12.2. The minimum atomic E-state index is -0.686. The highest BCUT2D eigenvalue weighted by Gasteiger charge is 2.23. The summed E-state index contributed by atoms with van der Waals surface area (Å²) in [5.41, 5.74) is 1.75. The lowest BCUT2D eigenvalue weighted by Gasteiger charge is -2.26. The van der Waals surface area contributed by atoms with Gasteiger partial charge in [0, 0.05) is 11.3 Å². The van der Waals surface area contributed by atoms with Gasteiger partial charge in [0.25, 0.3) is 5.91 Å². The lowest BCUT2D eigenvalue weighted by molar-refractivity contribution is -0.124. The van der Waals surface area contributed by atoms with Crippen LogP contribution < -0.4 is 14.8 Å². The Hall–Kier alpha value is -3.29. The highest BCUT2D eigenvalue weighted by atomic mass is 16.6. The number of ketones is 1. The Balaban J connectivity index is 1.48. The number of carbonyl (C=O) groups is 3. The van der Waals surface area contributed by atoms with Gasteiger partial charge in [-0.2, -0.15) is 0 Å². The number of amides is 1. The molecule has 1 aliphatic heterocycles. The van der Waals surface area contributed by atoms with Crippen molar-refractivity contribution >= 4 is 17.7 Å². The smallest absolute Gasteiger partial charge is 0.355 e. The van der Waals surface area contributed by atoms with E-state index in [1.165, 1.54) is 6.92 Å². The van der Waals surface area contributed by atoms with Gasteiger partial charge in [0.05, 0.1) is 6.54 Å². The number of fused-ring (bicyclic) bond motifs is 1. The largest absolute Gasteiger partial charge is 0.486 e. The number of esters is 1. The molecule has 0 spiro atoms. The number of hydrogen-bond donors (Lipinski definition) is 2. The van der Waals surface area contributed by atoms with Crippen LogP contribution in [0.1, 0.15) is 39.0 Å². The van der Waals surface area contributed by atoms with Crippen molar-refractivity contribution in [3.05, 3.63) is 46.8 Å². The Kier molecular flexibility index (Phi) is 5.67. The van der Waals surface area contributed by atoms with Crippen LogP contribution in [-0.2, 0) is 9.53 Å². The quantitative estimate of drug-likeness (QED) is 0.580. The van der Waals surface area contributed by atoms with Gasteiger partial charge in [-0.25, -0.2) is 4.79 Å². The molecule has 2 heterocycles. The van der Waals surface area contributed by atoms with Crippen LogP contribution in [-0.4, -0.2) is 48.5 Å². The van der Waals surface area contributed by atoms with Crippen molar-refractivity contribution < 1.29 is 28.6 Å². The number of aromatic nitrogens is 1. The third kappa shape index (κ3) is 4.16. The Bertz CT molecular complexity index is 917. The number of rotatable bonds is 6. The van der Waals surface area contributed by atoms with Crippen molar-refractivity contribution in [1.29, 1.82) is 0 Å². The Morgan fingerprint density at radius 1 is 1.21 bits per heavy atom. The van der Waals surface area contributed by atoms with Crippen LogP contribution >= 0.6 is 0 Å². The molecule has 0 saturated carbocycles. The van der Waals surface area contributed by atoms with E-state index in [0.29, 0.717) is 34.9 Å². The molecule has 0 radical (unpaired) electrons. The molecule has 148 valence electrons. The van der Waals surface area contributed by atoms with Gasteiger partial charge >= 0.3 is 5.97 Å². The number of carbonyl (C=O) groups excluding carboxylic acids is 3. The maximum Gasteiger partial charge on any atom is 0.355 e. The SMILES string of the molecule is CC(=O)c1c(C)[nH]c(C(=O)OCC(=O)NC[C@H]2COc3ccccc3O2)c1C. The summed E-state index contributed by atoms with van der Waals surface area (Å²) in [4.78, 5) is 38.7. The minimum Gasteiger partial charge on any atom is -0.486 e. The van der Waals surface area contributed by atoms with Crippen LogP contribution in [0.15, 0.2) is 24.3 Å². The summed E-state index contributed by atoms with van der Waals surface area (Å²) in [6.07, 6.45) is -0.332. The van der Waals surface area contributed by atoms with Gasteiger partial charge < -0.3 is 24.5 Å². The van der Waals surface area contributed by atoms with Crippen molar-refractivity contribution in [2.45, 2.75) is 26.9 Å². The number of hydrogen-bond acceptors (Lipinski definition) is 6. The Morgan fingerprint density at radius 3 is 2.61 bits per heavy atom. The van der Waals surface area contributed by atoms with Gasteiger partial charge in [-0.3, -0.25) is 9.59 Å². The fourth-order valence-electron chi connectivity index (χ4n) is 3.13. The molecule has 2 aromatic rings. The lowest BCUT2D eigenvalue weighted by atomic mass is 10.1. The van der Waals surface area contributed by atoms with Gasteiger partial charge in [0.1, 0.15) is 18.4 Å². The molecular weight excluding hydrogens is 364 g/mol. The zero-order chi connectivity index (χ0) is 20.3. The second kappa shape index (κ2) is 8.16. The molecule has 0 fully saturated rings. The minimum absolute atomic E-state index is 0.140. The van der Waals surface area contributed by atoms with E-state index in [1.807, 2.05) is 18.2 Å². The summed E-state index contributed by atoms with van der Waals surface area (Å²) in [6.45, 7) is 4.90. The van der Waals surface area contributed by atoms with Gasteiger partial charge in [-0.05, 0) is 38.5 Å². The van der Waals surface area contributed by atoms with E-state index in [0.717, 1.165) is 0 Å². The Labute approximate surface area is 162 Å². The molecule has 8 heteroatoms. The molecule has 1 aromatic carbocycles. The van der Waals surface area contributed by atoms with Crippen molar-refractivity contribution in [2.75, 3.05) is 19.8 Å². The summed E-state index contributed by atoms with van der Waals surface area (Å²) in [6, 6.07) is 7.29. The first-order valence-corrected chi connectivity index (χ1v) is 8.89. The average molecular weight is 386 g/mol. The second-order valence-corrected chi connectivity index (χ2v) is 6.56. The van der Waals surface area contributed by atoms with E-state index < -0.39 is 18.5 Å². The molecule has 8 nitrogen and oxygen atoms in total. The summed E-state index contributed by atoms with van der Waals surface area (Å²) >= 11 is 0. The second-order valence-electron chi connectivity index (χ2n) is 6.56. The average Bonchev–Trinajstić information content (AvgIpc) is 2.98. The summed E-state index contributed by atoms with van der Waals surface area (Å²) in [5.74, 6) is 0.0103. The number of Topliss-reactive ketones (excluding diaryl/α,β-unsaturated/α-hetero) is 1. The van der Waals surface area contributed by atoms with Crippen molar-refractivity contribution in [3.8, 4) is 11.5 Å². The van der Waals surface area contributed by atoms with Crippen LogP contribution in [0.3, 0.4) is 0 Å². The van der Waals surface area contributed by atoms with Gasteiger partial charge in [-0.1, -0.05) is 12.1 Å². The molecule has 0 unspecified atom stereocenters. The van der Waals surface area contributed by atoms with Crippen molar-refractivity contribution in [3.63, 3.8) is 0 Å². The number of nitrogens with one attached hydrogen (secondary N) is 2. The van der Waals surface area contributed by atoms with Crippen LogP contribution in [0.4, 0.5) is 0 Å². The van der Waals surface area contributed by atoms with Crippen LogP contribution in [0.2, 0.25) is 0 Å². The lowest BCUT2D eigenvalue weighted by Crippen LogP contribution is -2.42. The number of H-pyrrole nitrogens is 1. The van der Waals surface area contributed by atoms with Gasteiger partial charge in [0.2, 0.25) is 0 Å². The van der Waals surface area contributed by atoms with Crippen LogP contribution in [0, 0.1) is 13.8 Å². The number of aromatic amines is 1. The number of para-hydroxylation sites is 2. The first-order valence-electron chi connectivity index (χ1n) is 8.89. The monoisotopic (exact) mass is 386 g/mol. The predicted octanol–water partition coefficient (Wildman–Crippen LogP) is 1.95. The zero-order valence-electron chi connectivity index (χ0n) is 16.0. The predicted molar refractivity (Wildman–Crippen MR) is 99.9 cm³/mol. The maximum absolute atomic E-state index is 12.2. The van der Waals surface area contributed by atoms with E-state index in [2.05, 4.69) is 10.3 Å². The van der Waals surface area contributed by atoms with Gasteiger partial charge in [-0.15, -0.1) is 0 Å². The molecule has 1 amide bonds. The van der Waals surface area contributed by atoms with Crippen LogP contribution in [0.5, 0.6) is 11.5 Å². The first kappa shape index (κ1) is 19.5. The summed E-state index contributed by atoms with van der Waals surface area (Å²) < 4.78 is 16.4. The van der Waals surface area contributed by atoms with Crippen molar-refractivity contribution in [1.82, 2.24) is 10.3 Å². The fraction of sp³-hybridized carbons (Fsp3) is 0.350. The highest BCUT2D eigenvalue weighted by Crippen LogP contribution is 2.30. The molecular formula is C20H22N2O6. The zero-order valence-corrected chi connectivity index (χ0v) is 16.0. The molecule has 3 rings (SSSR count). The van der Waals surface area contributed by atoms with E-state index >= 15 is 0 Å². The first-order chi connectivity index (χ1) is 13.4. The number of ether oxygens (including phenoxy) is 3. The number of aryl methyl sites for hydroxylation is 1. The van der Waals surface area contributed by atoms with Gasteiger partial charge in [0.15, 0.2) is 23.9 Å². The third-order valence-electron chi connectivity index (χ3n) is 4.42. The van der Waals surface area contributed by atoms with Crippen LogP contribution in [0.25, 0.3) is 0 Å². The highest BCUT2D eigenvalue weighted by molar-refractivity contribution is 6.01. The van der Waals surface area contributed by atoms with E-state index in [1.54, 1.807) is 19.9 Å². The molecule has 1 atom stereocenters. The summed E-state index contributed by atoms with van der Waals surface area (Å²) in [5, 5.41) is 2.65. The van der Waals surface area contributed by atoms with E-state index in [9.17, 15) is 14.4 Å². The summed E-state index contributed by atoms with van der Waals surface area (Å²) in [7, 11) is 0. The molecule has 0 aliphatic carbocycles. The molecule has 0 bridgehead atoms. The molecule has 1 aromatic heterocycles. The molecule has 28 heavy (non-hydrogen) atoms. The Morgan fingerprint density at radius 2 is 1.93 bits per heavy atom. The topological polar surface area (TPSA) is 107 Å². The fourth-order valence-corrected chi connectivity index (χ4v) is 3.13. The molecule has 0 saturated heterocycles. The number of benzene rings is 1. The molecule has 1 aliphatic rings. The molecule has 2 N–H and O–H groups in total. The normalized spacial score (nSPS) is 15.0. The standard InChI is InChI=1S/C20H22N2O6/c1-11-18(13(3)23)12(2)22-19(11)20(25)27-10-17(24)21-8-14-9-26-15-6-4-5-7-16(15)28-14/h4-7,14,22H,8-10H2,1-3H3,(H,21,24)/t14-/m0/s1. The van der Waals surface area contributed by atoms with E-state index in [4.69, 9.17) is 14.2 Å². The van der Waals surface area contributed by atoms with E-state index in [-0.39, 0.29) is 24.1 Å².